The lowest BCUT2D eigenvalue weighted by Crippen LogP contribution is -2.42. The molecule has 0 saturated carbocycles. The van der Waals surface area contributed by atoms with Crippen LogP contribution in [0.4, 0.5) is 4.79 Å². The fourth-order valence-corrected chi connectivity index (χ4v) is 3.88. The van der Waals surface area contributed by atoms with E-state index in [1.807, 2.05) is 0 Å². The lowest BCUT2D eigenvalue weighted by atomic mass is 10.2. The van der Waals surface area contributed by atoms with Crippen LogP contribution in [0.2, 0.25) is 0 Å². The third-order valence-corrected chi connectivity index (χ3v) is 5.85. The molecule has 0 fully saturated rings. The maximum absolute atomic E-state index is 13.0. The zero-order chi connectivity index (χ0) is 23.7. The van der Waals surface area contributed by atoms with Gasteiger partial charge >= 0.3 is 12.1 Å². The highest BCUT2D eigenvalue weighted by molar-refractivity contribution is 7.90. The fraction of sp³-hybridized carbons (Fsp3) is 0.0870. The first-order valence-corrected chi connectivity index (χ1v) is 11.4. The molecule has 3 aromatic rings. The number of hydrogen-bond donors (Lipinski definition) is 1. The molecule has 170 valence electrons. The third kappa shape index (κ3) is 6.91. The largest absolute Gasteiger partial charge is 0.429 e. The predicted molar refractivity (Wildman–Crippen MR) is 122 cm³/mol. The van der Waals surface area contributed by atoms with Gasteiger partial charge in [0, 0.05) is 0 Å². The summed E-state index contributed by atoms with van der Waals surface area (Å²) in [5.74, 6) is -2.01. The number of carbonyl (C=O) groups is 2. The second-order valence-corrected chi connectivity index (χ2v) is 8.65. The Kier molecular flexibility index (Phi) is 7.77. The summed E-state index contributed by atoms with van der Waals surface area (Å²) in [6.07, 6.45) is -1.11. The lowest BCUT2D eigenvalue weighted by molar-refractivity contribution is 0.0515. The van der Waals surface area contributed by atoms with E-state index in [2.05, 4.69) is 5.16 Å². The van der Waals surface area contributed by atoms with Gasteiger partial charge in [-0.1, -0.05) is 71.9 Å². The van der Waals surface area contributed by atoms with E-state index in [1.165, 1.54) is 24.3 Å². The van der Waals surface area contributed by atoms with Crippen molar-refractivity contribution in [3.63, 3.8) is 0 Å². The molecule has 10 heteroatoms. The standard InChI is InChI=1S/C23H21N3O6S/c24-21(25-32-22(27)19-12-6-2-7-13-19)17-33(29,30)26(16-18-10-4-1-5-11-18)23(28)31-20-14-8-3-9-15-20/h1-15H,16-17H2,(H2,24,25). The van der Waals surface area contributed by atoms with Crippen LogP contribution in [0, 0.1) is 0 Å². The second-order valence-electron chi connectivity index (χ2n) is 6.76. The van der Waals surface area contributed by atoms with Crippen LogP contribution in [0.25, 0.3) is 0 Å². The van der Waals surface area contributed by atoms with Crippen molar-refractivity contribution < 1.29 is 27.6 Å². The summed E-state index contributed by atoms with van der Waals surface area (Å²) < 4.78 is 31.8. The summed E-state index contributed by atoms with van der Waals surface area (Å²) >= 11 is 0. The third-order valence-electron chi connectivity index (χ3n) is 4.24. The van der Waals surface area contributed by atoms with E-state index >= 15 is 0 Å². The quantitative estimate of drug-likeness (QED) is 0.233. The average Bonchev–Trinajstić information content (AvgIpc) is 2.82. The van der Waals surface area contributed by atoms with E-state index < -0.39 is 33.7 Å². The van der Waals surface area contributed by atoms with E-state index in [0.29, 0.717) is 9.87 Å². The number of amides is 1. The number of ether oxygens (including phenoxy) is 1. The van der Waals surface area contributed by atoms with Crippen LogP contribution in [0.1, 0.15) is 15.9 Å². The number of amidine groups is 1. The Hall–Kier alpha value is -4.18. The second kappa shape index (κ2) is 10.9. The van der Waals surface area contributed by atoms with Crippen molar-refractivity contribution in [2.75, 3.05) is 5.75 Å². The molecule has 0 aliphatic carbocycles. The summed E-state index contributed by atoms with van der Waals surface area (Å²) in [5, 5.41) is 3.41. The normalized spacial score (nSPS) is 11.5. The highest BCUT2D eigenvalue weighted by Gasteiger charge is 2.31. The molecule has 1 amide bonds. The van der Waals surface area contributed by atoms with Crippen LogP contribution in [0.15, 0.2) is 96.2 Å². The van der Waals surface area contributed by atoms with Gasteiger partial charge in [-0.05, 0) is 29.8 Å². The molecule has 33 heavy (non-hydrogen) atoms. The van der Waals surface area contributed by atoms with Gasteiger partial charge in [0.15, 0.2) is 5.84 Å². The van der Waals surface area contributed by atoms with Crippen LogP contribution in [-0.4, -0.2) is 36.4 Å². The van der Waals surface area contributed by atoms with Gasteiger partial charge in [0.05, 0.1) is 12.1 Å². The number of sulfonamides is 1. The van der Waals surface area contributed by atoms with Gasteiger partial charge in [-0.25, -0.2) is 18.0 Å². The van der Waals surface area contributed by atoms with Gasteiger partial charge < -0.3 is 15.3 Å². The predicted octanol–water partition coefficient (Wildman–Crippen LogP) is 3.15. The first-order valence-electron chi connectivity index (χ1n) is 9.75. The zero-order valence-corrected chi connectivity index (χ0v) is 18.2. The van der Waals surface area contributed by atoms with E-state index in [1.54, 1.807) is 66.7 Å². The molecule has 0 heterocycles. The molecule has 0 aliphatic rings. The molecule has 0 atom stereocenters. The number of nitrogens with two attached hydrogens (primary N) is 1. The zero-order valence-electron chi connectivity index (χ0n) is 17.4. The average molecular weight is 468 g/mol. The maximum atomic E-state index is 13.0. The molecular weight excluding hydrogens is 446 g/mol. The molecule has 0 aliphatic heterocycles. The van der Waals surface area contributed by atoms with Crippen molar-refractivity contribution in [3.05, 3.63) is 102 Å². The Bertz CT molecular complexity index is 1220. The molecule has 0 saturated heterocycles. The van der Waals surface area contributed by atoms with Crippen molar-refractivity contribution in [3.8, 4) is 5.75 Å². The Morgan fingerprint density at radius 2 is 1.39 bits per heavy atom. The Morgan fingerprint density at radius 3 is 2.00 bits per heavy atom. The molecule has 3 rings (SSSR count). The van der Waals surface area contributed by atoms with Crippen molar-refractivity contribution >= 4 is 27.9 Å². The monoisotopic (exact) mass is 467 g/mol. The van der Waals surface area contributed by atoms with Gasteiger partial charge in [0.2, 0.25) is 10.0 Å². The first-order chi connectivity index (χ1) is 15.8. The van der Waals surface area contributed by atoms with E-state index in [9.17, 15) is 18.0 Å². The topological polar surface area (TPSA) is 128 Å². The number of para-hydroxylation sites is 1. The number of nitrogens with zero attached hydrogens (tertiary/aromatic N) is 2. The number of carbonyl (C=O) groups excluding carboxylic acids is 2. The smallest absolute Gasteiger partial charge is 0.409 e. The minimum atomic E-state index is -4.34. The van der Waals surface area contributed by atoms with E-state index in [-0.39, 0.29) is 17.9 Å². The van der Waals surface area contributed by atoms with Crippen LogP contribution >= 0.6 is 0 Å². The van der Waals surface area contributed by atoms with Crippen LogP contribution in [0.3, 0.4) is 0 Å². The van der Waals surface area contributed by atoms with E-state index in [4.69, 9.17) is 15.3 Å². The van der Waals surface area contributed by atoms with E-state index in [0.717, 1.165) is 0 Å². The number of rotatable bonds is 8. The van der Waals surface area contributed by atoms with Crippen molar-refractivity contribution in [2.45, 2.75) is 6.54 Å². The number of oxime groups is 1. The van der Waals surface area contributed by atoms with Gasteiger partial charge in [-0.15, -0.1) is 0 Å². The number of benzene rings is 3. The summed E-state index contributed by atoms with van der Waals surface area (Å²) in [7, 11) is -4.34. The van der Waals surface area contributed by atoms with Crippen molar-refractivity contribution in [1.29, 1.82) is 0 Å². The Balaban J connectivity index is 1.77. The first kappa shape index (κ1) is 23.5. The molecule has 0 radical (unpaired) electrons. The molecule has 2 N–H and O–H groups in total. The molecule has 0 aromatic heterocycles. The molecular formula is C23H21N3O6S. The fourth-order valence-electron chi connectivity index (χ4n) is 2.68. The maximum Gasteiger partial charge on any atom is 0.429 e. The Morgan fingerprint density at radius 1 is 0.848 bits per heavy atom. The van der Waals surface area contributed by atoms with Crippen molar-refractivity contribution in [1.82, 2.24) is 4.31 Å². The van der Waals surface area contributed by atoms with Crippen molar-refractivity contribution in [2.24, 2.45) is 10.9 Å². The highest BCUT2D eigenvalue weighted by Crippen LogP contribution is 2.16. The molecule has 9 nitrogen and oxygen atoms in total. The van der Waals surface area contributed by atoms with Crippen LogP contribution in [0.5, 0.6) is 5.75 Å². The van der Waals surface area contributed by atoms with Gasteiger partial charge in [-0.2, -0.15) is 4.31 Å². The number of hydrogen-bond acceptors (Lipinski definition) is 7. The summed E-state index contributed by atoms with van der Waals surface area (Å²) in [6.45, 7) is -0.286. The summed E-state index contributed by atoms with van der Waals surface area (Å²) in [6, 6.07) is 24.6. The van der Waals surface area contributed by atoms with Gasteiger partial charge in [-0.3, -0.25) is 0 Å². The lowest BCUT2D eigenvalue weighted by Gasteiger charge is -2.21. The Labute approximate surface area is 191 Å². The van der Waals surface area contributed by atoms with Crippen LogP contribution < -0.4 is 10.5 Å². The summed E-state index contributed by atoms with van der Waals surface area (Å²) in [5.41, 5.74) is 6.45. The summed E-state index contributed by atoms with van der Waals surface area (Å²) in [4.78, 5) is 29.5. The SMILES string of the molecule is NC(CS(=O)(=O)N(Cc1ccccc1)C(=O)Oc1ccccc1)=NOC(=O)c1ccccc1. The highest BCUT2D eigenvalue weighted by atomic mass is 32.2. The van der Waals surface area contributed by atoms with Crippen LogP contribution in [-0.2, 0) is 21.4 Å². The molecule has 0 bridgehead atoms. The molecule has 0 spiro atoms. The van der Waals surface area contributed by atoms with Gasteiger partial charge in [0.25, 0.3) is 0 Å². The minimum absolute atomic E-state index is 0.175. The van der Waals surface area contributed by atoms with Gasteiger partial charge in [0.1, 0.15) is 11.5 Å². The molecule has 3 aromatic carbocycles. The minimum Gasteiger partial charge on any atom is -0.409 e. The molecule has 0 unspecified atom stereocenters.